The second kappa shape index (κ2) is 6.70. The molecule has 0 aliphatic heterocycles. The Hall–Kier alpha value is -1.95. The van der Waals surface area contributed by atoms with E-state index in [1.54, 1.807) is 0 Å². The van der Waals surface area contributed by atoms with Crippen molar-refractivity contribution in [1.29, 1.82) is 0 Å². The molecule has 1 atom stereocenters. The first-order chi connectivity index (χ1) is 8.56. The summed E-state index contributed by atoms with van der Waals surface area (Å²) in [5, 5.41) is 2.51. The van der Waals surface area contributed by atoms with Gasteiger partial charge in [-0.15, -0.1) is 0 Å². The molecule has 0 fully saturated rings. The van der Waals surface area contributed by atoms with E-state index in [1.165, 1.54) is 38.5 Å². The molecule has 0 aromatic heterocycles. The number of hydrogen-bond donors (Lipinski definition) is 1. The molecular weight excluding hydrogens is 241 g/mol. The Bertz CT molecular complexity index is 419. The lowest BCUT2D eigenvalue weighted by Crippen LogP contribution is -2.32. The van der Waals surface area contributed by atoms with Gasteiger partial charge in [0.1, 0.15) is 11.9 Å². The molecule has 6 heteroatoms. The number of hydrogen-bond acceptors (Lipinski definition) is 4. The Kier molecular flexibility index (Phi) is 5.26. The first-order valence-corrected chi connectivity index (χ1v) is 5.23. The summed E-state index contributed by atoms with van der Waals surface area (Å²) in [5.74, 6) is -1.43. The second-order valence-electron chi connectivity index (χ2n) is 3.50. The third kappa shape index (κ3) is 4.14. The zero-order valence-corrected chi connectivity index (χ0v) is 10.1. The molecule has 5 nitrogen and oxygen atoms in total. The van der Waals surface area contributed by atoms with Crippen LogP contribution in [-0.2, 0) is 19.1 Å². The number of carbonyl (C=O) groups excluding carboxylic acids is 2. The predicted molar refractivity (Wildman–Crippen MR) is 62.5 cm³/mol. The lowest BCUT2D eigenvalue weighted by Gasteiger charge is -2.14. The Morgan fingerprint density at radius 2 is 1.89 bits per heavy atom. The second-order valence-corrected chi connectivity index (χ2v) is 3.50. The molecule has 1 aromatic carbocycles. The van der Waals surface area contributed by atoms with Gasteiger partial charge in [0.15, 0.2) is 0 Å². The number of esters is 1. The molecular formula is C12H14FNO4. The van der Waals surface area contributed by atoms with Gasteiger partial charge in [-0.2, -0.15) is 0 Å². The molecule has 1 unspecified atom stereocenters. The maximum Gasteiger partial charge on any atom is 0.308 e. The van der Waals surface area contributed by atoms with Gasteiger partial charge in [-0.05, 0) is 24.3 Å². The SMILES string of the molecule is COC(=O)CC(OC)C(=O)Nc1ccc(F)cc1. The highest BCUT2D eigenvalue weighted by Crippen LogP contribution is 2.10. The molecule has 0 saturated heterocycles. The molecule has 0 heterocycles. The summed E-state index contributed by atoms with van der Waals surface area (Å²) < 4.78 is 22.0. The van der Waals surface area contributed by atoms with Crippen molar-refractivity contribution in [3.05, 3.63) is 30.1 Å². The van der Waals surface area contributed by atoms with Gasteiger partial charge >= 0.3 is 5.97 Å². The molecule has 0 radical (unpaired) electrons. The van der Waals surface area contributed by atoms with E-state index in [9.17, 15) is 14.0 Å². The molecule has 0 spiro atoms. The van der Waals surface area contributed by atoms with E-state index in [-0.39, 0.29) is 6.42 Å². The Morgan fingerprint density at radius 3 is 2.39 bits per heavy atom. The van der Waals surface area contributed by atoms with E-state index < -0.39 is 23.8 Å². The minimum atomic E-state index is -0.942. The van der Waals surface area contributed by atoms with Gasteiger partial charge in [-0.1, -0.05) is 0 Å². The van der Waals surface area contributed by atoms with E-state index in [0.29, 0.717) is 5.69 Å². The first kappa shape index (κ1) is 14.1. The number of halogens is 1. The van der Waals surface area contributed by atoms with Crippen LogP contribution in [0.4, 0.5) is 10.1 Å². The summed E-state index contributed by atoms with van der Waals surface area (Å²) in [7, 11) is 2.55. The molecule has 0 aliphatic rings. The average molecular weight is 255 g/mol. The number of amides is 1. The van der Waals surface area contributed by atoms with Gasteiger partial charge in [0.25, 0.3) is 5.91 Å². The van der Waals surface area contributed by atoms with Gasteiger partial charge in [0.05, 0.1) is 13.5 Å². The highest BCUT2D eigenvalue weighted by atomic mass is 19.1. The topological polar surface area (TPSA) is 64.6 Å². The first-order valence-electron chi connectivity index (χ1n) is 5.23. The number of ether oxygens (including phenoxy) is 2. The van der Waals surface area contributed by atoms with E-state index in [1.807, 2.05) is 0 Å². The number of rotatable bonds is 5. The van der Waals surface area contributed by atoms with Gasteiger partial charge in [-0.3, -0.25) is 9.59 Å². The van der Waals surface area contributed by atoms with Crippen molar-refractivity contribution in [3.8, 4) is 0 Å². The normalized spacial score (nSPS) is 11.7. The molecule has 0 bridgehead atoms. The Morgan fingerprint density at radius 1 is 1.28 bits per heavy atom. The highest BCUT2D eigenvalue weighted by Gasteiger charge is 2.21. The standard InChI is InChI=1S/C12H14FNO4/c1-17-10(7-11(15)18-2)12(16)14-9-5-3-8(13)4-6-9/h3-6,10H,7H2,1-2H3,(H,14,16). The fraction of sp³-hybridized carbons (Fsp3) is 0.333. The quantitative estimate of drug-likeness (QED) is 0.806. The zero-order chi connectivity index (χ0) is 13.5. The summed E-state index contributed by atoms with van der Waals surface area (Å²) in [6.07, 6.45) is -1.12. The smallest absolute Gasteiger partial charge is 0.308 e. The lowest BCUT2D eigenvalue weighted by molar-refractivity contribution is -0.146. The number of methoxy groups -OCH3 is 2. The maximum atomic E-state index is 12.7. The summed E-state index contributed by atoms with van der Waals surface area (Å²) in [4.78, 5) is 22.8. The monoisotopic (exact) mass is 255 g/mol. The zero-order valence-electron chi connectivity index (χ0n) is 10.1. The molecule has 1 aromatic rings. The molecule has 0 saturated carbocycles. The van der Waals surface area contributed by atoms with Gasteiger partial charge in [-0.25, -0.2) is 4.39 Å². The Labute approximate surface area is 104 Å². The largest absolute Gasteiger partial charge is 0.469 e. The van der Waals surface area contributed by atoms with E-state index in [2.05, 4.69) is 10.1 Å². The van der Waals surface area contributed by atoms with Crippen molar-refractivity contribution in [1.82, 2.24) is 0 Å². The van der Waals surface area contributed by atoms with Crippen LogP contribution in [0.15, 0.2) is 24.3 Å². The van der Waals surface area contributed by atoms with Gasteiger partial charge < -0.3 is 14.8 Å². The predicted octanol–water partition coefficient (Wildman–Crippen LogP) is 1.34. The molecule has 0 aliphatic carbocycles. The van der Waals surface area contributed by atoms with Gasteiger partial charge in [0, 0.05) is 12.8 Å². The minimum Gasteiger partial charge on any atom is -0.469 e. The summed E-state index contributed by atoms with van der Waals surface area (Å²) >= 11 is 0. The fourth-order valence-electron chi connectivity index (χ4n) is 1.27. The fourth-order valence-corrected chi connectivity index (χ4v) is 1.27. The van der Waals surface area contributed by atoms with Crippen LogP contribution >= 0.6 is 0 Å². The summed E-state index contributed by atoms with van der Waals surface area (Å²) in [6.45, 7) is 0. The van der Waals surface area contributed by atoms with Crippen LogP contribution in [0, 0.1) is 5.82 Å². The number of carbonyl (C=O) groups is 2. The lowest BCUT2D eigenvalue weighted by atomic mass is 10.2. The summed E-state index contributed by atoms with van der Waals surface area (Å²) in [6, 6.07) is 5.27. The van der Waals surface area contributed by atoms with Gasteiger partial charge in [0.2, 0.25) is 0 Å². The van der Waals surface area contributed by atoms with E-state index in [0.717, 1.165) is 0 Å². The molecule has 1 amide bonds. The van der Waals surface area contributed by atoms with Crippen LogP contribution in [-0.4, -0.2) is 32.2 Å². The Balaban J connectivity index is 2.62. The van der Waals surface area contributed by atoms with Crippen molar-refractivity contribution in [2.75, 3.05) is 19.5 Å². The molecule has 1 N–H and O–H groups in total. The summed E-state index contributed by atoms with van der Waals surface area (Å²) in [5.41, 5.74) is 0.424. The average Bonchev–Trinajstić information content (AvgIpc) is 2.38. The third-order valence-electron chi connectivity index (χ3n) is 2.27. The van der Waals surface area contributed by atoms with Crippen molar-refractivity contribution in [2.24, 2.45) is 0 Å². The number of anilines is 1. The molecule has 98 valence electrons. The van der Waals surface area contributed by atoms with Crippen LogP contribution in [0.1, 0.15) is 6.42 Å². The van der Waals surface area contributed by atoms with Crippen molar-refractivity contribution in [2.45, 2.75) is 12.5 Å². The minimum absolute atomic E-state index is 0.181. The number of benzene rings is 1. The van der Waals surface area contributed by atoms with Crippen LogP contribution in [0.25, 0.3) is 0 Å². The van der Waals surface area contributed by atoms with Crippen LogP contribution in [0.3, 0.4) is 0 Å². The third-order valence-corrected chi connectivity index (χ3v) is 2.27. The van der Waals surface area contributed by atoms with Crippen molar-refractivity contribution < 1.29 is 23.5 Å². The van der Waals surface area contributed by atoms with E-state index >= 15 is 0 Å². The maximum absolute atomic E-state index is 12.7. The van der Waals surface area contributed by atoms with Crippen LogP contribution in [0.5, 0.6) is 0 Å². The van der Waals surface area contributed by atoms with Crippen molar-refractivity contribution >= 4 is 17.6 Å². The highest BCUT2D eigenvalue weighted by molar-refractivity contribution is 5.96. The molecule has 1 rings (SSSR count). The van der Waals surface area contributed by atoms with Crippen LogP contribution < -0.4 is 5.32 Å². The number of nitrogens with one attached hydrogen (secondary N) is 1. The van der Waals surface area contributed by atoms with Crippen molar-refractivity contribution in [3.63, 3.8) is 0 Å². The molecule has 18 heavy (non-hydrogen) atoms. The van der Waals surface area contributed by atoms with E-state index in [4.69, 9.17) is 4.74 Å². The van der Waals surface area contributed by atoms with Crippen LogP contribution in [0.2, 0.25) is 0 Å².